The van der Waals surface area contributed by atoms with Gasteiger partial charge in [0.1, 0.15) is 0 Å². The summed E-state index contributed by atoms with van der Waals surface area (Å²) in [6.07, 6.45) is 5.41. The molecule has 1 heteroatoms. The molecule has 0 spiro atoms. The zero-order valence-corrected chi connectivity index (χ0v) is 9.00. The minimum Gasteiger partial charge on any atom is -0.303 e. The summed E-state index contributed by atoms with van der Waals surface area (Å²) in [5, 5.41) is 3.48. The minimum atomic E-state index is 0.718. The average Bonchev–Trinajstić information content (AvgIpc) is 2.79. The Kier molecular flexibility index (Phi) is 3.82. The SMILES string of the molecule is C(#Cc1ccccc1)CNC1CCCC1. The Morgan fingerprint density at radius 1 is 1.13 bits per heavy atom. The summed E-state index contributed by atoms with van der Waals surface area (Å²) in [5.74, 6) is 6.32. The van der Waals surface area contributed by atoms with Crippen molar-refractivity contribution < 1.29 is 0 Å². The summed E-state index contributed by atoms with van der Waals surface area (Å²) >= 11 is 0. The topological polar surface area (TPSA) is 12.0 Å². The Morgan fingerprint density at radius 2 is 1.87 bits per heavy atom. The van der Waals surface area contributed by atoms with Crippen molar-refractivity contribution in [3.8, 4) is 11.8 Å². The first-order chi connectivity index (χ1) is 7.45. The normalized spacial score (nSPS) is 16.0. The van der Waals surface area contributed by atoms with Gasteiger partial charge in [0, 0.05) is 11.6 Å². The Hall–Kier alpha value is -1.26. The molecule has 0 amide bonds. The van der Waals surface area contributed by atoms with Gasteiger partial charge in [0.05, 0.1) is 6.54 Å². The third-order valence-electron chi connectivity index (χ3n) is 2.84. The summed E-state index contributed by atoms with van der Waals surface area (Å²) in [7, 11) is 0. The molecule has 1 nitrogen and oxygen atoms in total. The molecule has 0 aliphatic heterocycles. The van der Waals surface area contributed by atoms with E-state index in [4.69, 9.17) is 0 Å². The first kappa shape index (κ1) is 10.3. The van der Waals surface area contributed by atoms with E-state index in [-0.39, 0.29) is 0 Å². The van der Waals surface area contributed by atoms with Crippen LogP contribution >= 0.6 is 0 Å². The predicted octanol–water partition coefficient (Wildman–Crippen LogP) is 2.57. The highest BCUT2D eigenvalue weighted by Gasteiger charge is 2.12. The molecule has 1 aromatic rings. The largest absolute Gasteiger partial charge is 0.303 e. The molecule has 78 valence electrons. The van der Waals surface area contributed by atoms with Crippen molar-refractivity contribution in [3.05, 3.63) is 35.9 Å². The Labute approximate surface area is 91.9 Å². The summed E-state index contributed by atoms with van der Waals surface area (Å²) < 4.78 is 0. The lowest BCUT2D eigenvalue weighted by molar-refractivity contribution is 0.561. The van der Waals surface area contributed by atoms with E-state index in [1.165, 1.54) is 25.7 Å². The van der Waals surface area contributed by atoms with Gasteiger partial charge in [-0.1, -0.05) is 42.9 Å². The molecule has 0 atom stereocenters. The van der Waals surface area contributed by atoms with E-state index in [1.54, 1.807) is 0 Å². The molecule has 1 aromatic carbocycles. The molecule has 15 heavy (non-hydrogen) atoms. The maximum absolute atomic E-state index is 3.48. The fourth-order valence-electron chi connectivity index (χ4n) is 1.99. The molecule has 1 aliphatic rings. The lowest BCUT2D eigenvalue weighted by Crippen LogP contribution is -2.25. The second-order valence-corrected chi connectivity index (χ2v) is 4.03. The molecule has 0 saturated heterocycles. The highest BCUT2D eigenvalue weighted by atomic mass is 14.9. The molecule has 1 saturated carbocycles. The molecule has 1 N–H and O–H groups in total. The Bertz CT molecular complexity index is 339. The van der Waals surface area contributed by atoms with Crippen LogP contribution < -0.4 is 5.32 Å². The summed E-state index contributed by atoms with van der Waals surface area (Å²) in [6, 6.07) is 10.9. The number of rotatable bonds is 2. The van der Waals surface area contributed by atoms with Crippen molar-refractivity contribution in [1.29, 1.82) is 0 Å². The van der Waals surface area contributed by atoms with E-state index in [2.05, 4.69) is 17.2 Å². The van der Waals surface area contributed by atoms with E-state index in [9.17, 15) is 0 Å². The number of nitrogens with one attached hydrogen (secondary N) is 1. The fraction of sp³-hybridized carbons (Fsp3) is 0.429. The van der Waals surface area contributed by atoms with Crippen LogP contribution in [0, 0.1) is 11.8 Å². The lowest BCUT2D eigenvalue weighted by atomic mass is 10.2. The maximum atomic E-state index is 3.48. The first-order valence-electron chi connectivity index (χ1n) is 5.72. The van der Waals surface area contributed by atoms with Crippen LogP contribution in [-0.4, -0.2) is 12.6 Å². The van der Waals surface area contributed by atoms with Crippen LogP contribution in [-0.2, 0) is 0 Å². The standard InChI is InChI=1S/C14H17N/c1-2-7-13(8-3-1)9-6-12-15-14-10-4-5-11-14/h1-3,7-8,14-15H,4-5,10-12H2. The van der Waals surface area contributed by atoms with Crippen LogP contribution in [0.4, 0.5) is 0 Å². The molecule has 0 unspecified atom stereocenters. The van der Waals surface area contributed by atoms with Gasteiger partial charge < -0.3 is 5.32 Å². The Morgan fingerprint density at radius 3 is 2.60 bits per heavy atom. The van der Waals surface area contributed by atoms with Crippen LogP contribution in [0.5, 0.6) is 0 Å². The van der Waals surface area contributed by atoms with Gasteiger partial charge in [0.2, 0.25) is 0 Å². The second-order valence-electron chi connectivity index (χ2n) is 4.03. The second kappa shape index (κ2) is 5.58. The molecule has 0 bridgehead atoms. The molecule has 2 rings (SSSR count). The molecule has 1 aliphatic carbocycles. The number of hydrogen-bond donors (Lipinski definition) is 1. The van der Waals surface area contributed by atoms with E-state index >= 15 is 0 Å². The van der Waals surface area contributed by atoms with Crippen LogP contribution in [0.3, 0.4) is 0 Å². The van der Waals surface area contributed by atoms with Gasteiger partial charge in [-0.3, -0.25) is 0 Å². The van der Waals surface area contributed by atoms with Crippen molar-refractivity contribution >= 4 is 0 Å². The zero-order chi connectivity index (χ0) is 10.3. The molecule has 0 heterocycles. The van der Waals surface area contributed by atoms with Crippen LogP contribution in [0.1, 0.15) is 31.2 Å². The van der Waals surface area contributed by atoms with Crippen LogP contribution in [0.2, 0.25) is 0 Å². The summed E-state index contributed by atoms with van der Waals surface area (Å²) in [6.45, 7) is 0.819. The van der Waals surface area contributed by atoms with Crippen molar-refractivity contribution in [3.63, 3.8) is 0 Å². The maximum Gasteiger partial charge on any atom is 0.0582 e. The van der Waals surface area contributed by atoms with Crippen LogP contribution in [0.15, 0.2) is 30.3 Å². The summed E-state index contributed by atoms with van der Waals surface area (Å²) in [4.78, 5) is 0. The van der Waals surface area contributed by atoms with E-state index in [0.717, 1.165) is 18.2 Å². The monoisotopic (exact) mass is 199 g/mol. The molecular weight excluding hydrogens is 182 g/mol. The van der Waals surface area contributed by atoms with Crippen molar-refractivity contribution in [1.82, 2.24) is 5.32 Å². The van der Waals surface area contributed by atoms with Gasteiger partial charge in [0.25, 0.3) is 0 Å². The van der Waals surface area contributed by atoms with Gasteiger partial charge in [-0.2, -0.15) is 0 Å². The van der Waals surface area contributed by atoms with E-state index in [1.807, 2.05) is 30.3 Å². The third-order valence-corrected chi connectivity index (χ3v) is 2.84. The van der Waals surface area contributed by atoms with Crippen molar-refractivity contribution in [2.45, 2.75) is 31.7 Å². The Balaban J connectivity index is 1.75. The van der Waals surface area contributed by atoms with Crippen molar-refractivity contribution in [2.24, 2.45) is 0 Å². The lowest BCUT2D eigenvalue weighted by Gasteiger charge is -2.07. The fourth-order valence-corrected chi connectivity index (χ4v) is 1.99. The number of hydrogen-bond acceptors (Lipinski definition) is 1. The molecule has 1 fully saturated rings. The molecule has 0 aromatic heterocycles. The van der Waals surface area contributed by atoms with E-state index in [0.29, 0.717) is 0 Å². The van der Waals surface area contributed by atoms with E-state index < -0.39 is 0 Å². The average molecular weight is 199 g/mol. The van der Waals surface area contributed by atoms with Gasteiger partial charge in [-0.15, -0.1) is 0 Å². The first-order valence-corrected chi connectivity index (χ1v) is 5.72. The molecular formula is C14H17N. The summed E-state index contributed by atoms with van der Waals surface area (Å²) in [5.41, 5.74) is 1.10. The third kappa shape index (κ3) is 3.42. The van der Waals surface area contributed by atoms with Crippen molar-refractivity contribution in [2.75, 3.05) is 6.54 Å². The predicted molar refractivity (Wildman–Crippen MR) is 63.6 cm³/mol. The quantitative estimate of drug-likeness (QED) is 0.722. The highest BCUT2D eigenvalue weighted by molar-refractivity contribution is 5.33. The van der Waals surface area contributed by atoms with Gasteiger partial charge in [-0.05, 0) is 25.0 Å². The zero-order valence-electron chi connectivity index (χ0n) is 9.00. The molecule has 0 radical (unpaired) electrons. The number of benzene rings is 1. The highest BCUT2D eigenvalue weighted by Crippen LogP contribution is 2.16. The van der Waals surface area contributed by atoms with Gasteiger partial charge >= 0.3 is 0 Å². The van der Waals surface area contributed by atoms with Gasteiger partial charge in [0.15, 0.2) is 0 Å². The van der Waals surface area contributed by atoms with Crippen LogP contribution in [0.25, 0.3) is 0 Å². The smallest absolute Gasteiger partial charge is 0.0582 e. The van der Waals surface area contributed by atoms with Gasteiger partial charge in [-0.25, -0.2) is 0 Å². The minimum absolute atomic E-state index is 0.718.